The summed E-state index contributed by atoms with van der Waals surface area (Å²) in [6, 6.07) is 13.2. The van der Waals surface area contributed by atoms with E-state index in [0.717, 1.165) is 5.56 Å². The molecule has 0 atom stereocenters. The number of hydrogen-bond acceptors (Lipinski definition) is 5. The number of hydrogen-bond donors (Lipinski definition) is 2. The number of nitrogens with zero attached hydrogens (tertiary/aromatic N) is 2. The van der Waals surface area contributed by atoms with Crippen LogP contribution in [0.15, 0.2) is 48.5 Å². The highest BCUT2D eigenvalue weighted by Crippen LogP contribution is 2.26. The number of methoxy groups -OCH3 is 1. The Kier molecular flexibility index (Phi) is 5.30. The minimum absolute atomic E-state index is 0.140. The normalized spacial score (nSPS) is 10.4. The lowest BCUT2D eigenvalue weighted by Crippen LogP contribution is -2.16. The van der Waals surface area contributed by atoms with Crippen molar-refractivity contribution in [3.8, 4) is 5.75 Å². The molecular formula is C20H19FN4O2. The first-order valence-electron chi connectivity index (χ1n) is 8.29. The number of rotatable bonds is 5. The van der Waals surface area contributed by atoms with Crippen LogP contribution in [0.25, 0.3) is 0 Å². The van der Waals surface area contributed by atoms with Crippen molar-refractivity contribution in [3.63, 3.8) is 0 Å². The zero-order chi connectivity index (χ0) is 19.4. The van der Waals surface area contributed by atoms with Crippen molar-refractivity contribution in [1.29, 1.82) is 0 Å². The van der Waals surface area contributed by atoms with Crippen LogP contribution in [0.5, 0.6) is 5.75 Å². The van der Waals surface area contributed by atoms with Crippen molar-refractivity contribution >= 4 is 23.2 Å². The second-order valence-corrected chi connectivity index (χ2v) is 5.98. The number of amides is 1. The van der Waals surface area contributed by atoms with Crippen LogP contribution in [0.1, 0.15) is 21.7 Å². The number of carbonyl (C=O) groups is 1. The van der Waals surface area contributed by atoms with E-state index in [0.29, 0.717) is 17.1 Å². The summed E-state index contributed by atoms with van der Waals surface area (Å²) in [5, 5.41) is 5.59. The van der Waals surface area contributed by atoms with Crippen LogP contribution in [0, 0.1) is 19.7 Å². The van der Waals surface area contributed by atoms with Crippen molar-refractivity contribution in [2.24, 2.45) is 0 Å². The highest BCUT2D eigenvalue weighted by molar-refractivity contribution is 6.04. The molecule has 3 rings (SSSR count). The molecule has 1 heterocycles. The number of nitrogens with one attached hydrogen (secondary N) is 2. The Morgan fingerprint density at radius 2 is 1.81 bits per heavy atom. The summed E-state index contributed by atoms with van der Waals surface area (Å²) in [5.41, 5.74) is 2.49. The summed E-state index contributed by atoms with van der Waals surface area (Å²) < 4.78 is 19.1. The number of ether oxygens (including phenoxy) is 1. The molecule has 27 heavy (non-hydrogen) atoms. The molecule has 3 aromatic rings. The molecule has 1 amide bonds. The largest absolute Gasteiger partial charge is 0.495 e. The van der Waals surface area contributed by atoms with E-state index in [2.05, 4.69) is 20.6 Å². The Hall–Kier alpha value is -3.48. The summed E-state index contributed by atoms with van der Waals surface area (Å²) in [7, 11) is 1.53. The second kappa shape index (κ2) is 7.82. The van der Waals surface area contributed by atoms with Crippen molar-refractivity contribution < 1.29 is 13.9 Å². The zero-order valence-electron chi connectivity index (χ0n) is 15.2. The molecule has 7 heteroatoms. The van der Waals surface area contributed by atoms with Crippen molar-refractivity contribution in [2.45, 2.75) is 13.8 Å². The standard InChI is InChI=1S/C20H19FN4O2/c1-12-8-9-18(27-3)16(10-12)23-19(26)17-11-13(2)22-20(25-17)24-15-7-5-4-6-14(15)21/h4-11H,1-3H3,(H,23,26)(H,22,24,25). The van der Waals surface area contributed by atoms with Gasteiger partial charge in [-0.3, -0.25) is 4.79 Å². The molecule has 0 fully saturated rings. The Balaban J connectivity index is 1.86. The average Bonchev–Trinajstić information content (AvgIpc) is 2.63. The van der Waals surface area contributed by atoms with Gasteiger partial charge in [0.2, 0.25) is 5.95 Å². The quantitative estimate of drug-likeness (QED) is 0.706. The van der Waals surface area contributed by atoms with Crippen LogP contribution in [-0.2, 0) is 0 Å². The summed E-state index contributed by atoms with van der Waals surface area (Å²) in [5.74, 6) is -0.162. The maximum atomic E-state index is 13.8. The lowest BCUT2D eigenvalue weighted by molar-refractivity contribution is 0.102. The van der Waals surface area contributed by atoms with Gasteiger partial charge in [-0.05, 0) is 49.7 Å². The highest BCUT2D eigenvalue weighted by Gasteiger charge is 2.14. The Labute approximate surface area is 156 Å². The number of aromatic nitrogens is 2. The van der Waals surface area contributed by atoms with E-state index in [9.17, 15) is 9.18 Å². The maximum Gasteiger partial charge on any atom is 0.274 e. The van der Waals surface area contributed by atoms with Gasteiger partial charge >= 0.3 is 0 Å². The predicted molar refractivity (Wildman–Crippen MR) is 102 cm³/mol. The number of anilines is 3. The molecular weight excluding hydrogens is 347 g/mol. The van der Waals surface area contributed by atoms with Gasteiger partial charge in [0.1, 0.15) is 17.3 Å². The number of halogens is 1. The van der Waals surface area contributed by atoms with Crippen LogP contribution in [-0.4, -0.2) is 23.0 Å². The van der Waals surface area contributed by atoms with Gasteiger partial charge < -0.3 is 15.4 Å². The van der Waals surface area contributed by atoms with Gasteiger partial charge in [0.15, 0.2) is 0 Å². The van der Waals surface area contributed by atoms with Gasteiger partial charge in [0, 0.05) is 5.69 Å². The molecule has 0 spiro atoms. The van der Waals surface area contributed by atoms with Crippen LogP contribution < -0.4 is 15.4 Å². The van der Waals surface area contributed by atoms with Crippen LogP contribution in [0.3, 0.4) is 0 Å². The van der Waals surface area contributed by atoms with Crippen molar-refractivity contribution in [1.82, 2.24) is 9.97 Å². The molecule has 138 valence electrons. The van der Waals surface area contributed by atoms with E-state index in [1.807, 2.05) is 19.1 Å². The lowest BCUT2D eigenvalue weighted by Gasteiger charge is -2.12. The second-order valence-electron chi connectivity index (χ2n) is 5.98. The number of benzene rings is 2. The topological polar surface area (TPSA) is 76.1 Å². The molecule has 1 aromatic heterocycles. The van der Waals surface area contributed by atoms with E-state index in [4.69, 9.17) is 4.74 Å². The van der Waals surface area contributed by atoms with Gasteiger partial charge in [-0.2, -0.15) is 0 Å². The van der Waals surface area contributed by atoms with Gasteiger partial charge in [-0.25, -0.2) is 14.4 Å². The fraction of sp³-hybridized carbons (Fsp3) is 0.150. The van der Waals surface area contributed by atoms with E-state index in [1.165, 1.54) is 13.2 Å². The molecule has 0 bridgehead atoms. The van der Waals surface area contributed by atoms with E-state index in [-0.39, 0.29) is 17.3 Å². The Morgan fingerprint density at radius 3 is 2.56 bits per heavy atom. The number of para-hydroxylation sites is 1. The van der Waals surface area contributed by atoms with Gasteiger partial charge in [0.05, 0.1) is 18.5 Å². The molecule has 0 saturated carbocycles. The smallest absolute Gasteiger partial charge is 0.274 e. The SMILES string of the molecule is COc1ccc(C)cc1NC(=O)c1cc(C)nc(Nc2ccccc2F)n1. The van der Waals surface area contributed by atoms with E-state index in [1.54, 1.807) is 37.3 Å². The average molecular weight is 366 g/mol. The van der Waals surface area contributed by atoms with Gasteiger partial charge in [0.25, 0.3) is 5.91 Å². The summed E-state index contributed by atoms with van der Waals surface area (Å²) in [4.78, 5) is 21.1. The summed E-state index contributed by atoms with van der Waals surface area (Å²) in [6.45, 7) is 3.65. The Morgan fingerprint density at radius 1 is 1.04 bits per heavy atom. The minimum Gasteiger partial charge on any atom is -0.495 e. The third kappa shape index (κ3) is 4.38. The third-order valence-electron chi connectivity index (χ3n) is 3.81. The van der Waals surface area contributed by atoms with E-state index < -0.39 is 11.7 Å². The predicted octanol–water partition coefficient (Wildman–Crippen LogP) is 4.24. The molecule has 2 aromatic carbocycles. The van der Waals surface area contributed by atoms with E-state index >= 15 is 0 Å². The van der Waals surface area contributed by atoms with Crippen molar-refractivity contribution in [2.75, 3.05) is 17.7 Å². The maximum absolute atomic E-state index is 13.8. The fourth-order valence-electron chi connectivity index (χ4n) is 2.53. The summed E-state index contributed by atoms with van der Waals surface area (Å²) in [6.07, 6.45) is 0. The molecule has 0 radical (unpaired) electrons. The first-order chi connectivity index (χ1) is 13.0. The summed E-state index contributed by atoms with van der Waals surface area (Å²) >= 11 is 0. The number of carbonyl (C=O) groups excluding carboxylic acids is 1. The number of aryl methyl sites for hydroxylation is 2. The zero-order valence-corrected chi connectivity index (χ0v) is 15.2. The fourth-order valence-corrected chi connectivity index (χ4v) is 2.53. The molecule has 6 nitrogen and oxygen atoms in total. The molecule has 0 aliphatic heterocycles. The van der Waals surface area contributed by atoms with Crippen LogP contribution >= 0.6 is 0 Å². The monoisotopic (exact) mass is 366 g/mol. The molecule has 0 unspecified atom stereocenters. The molecule has 0 aliphatic carbocycles. The third-order valence-corrected chi connectivity index (χ3v) is 3.81. The van der Waals surface area contributed by atoms with Gasteiger partial charge in [-0.15, -0.1) is 0 Å². The lowest BCUT2D eigenvalue weighted by atomic mass is 10.2. The molecule has 0 saturated heterocycles. The van der Waals surface area contributed by atoms with Crippen LogP contribution in [0.4, 0.5) is 21.7 Å². The Bertz CT molecular complexity index is 991. The van der Waals surface area contributed by atoms with Crippen LogP contribution in [0.2, 0.25) is 0 Å². The first kappa shape index (κ1) is 18.3. The van der Waals surface area contributed by atoms with Gasteiger partial charge in [-0.1, -0.05) is 18.2 Å². The molecule has 2 N–H and O–H groups in total. The van der Waals surface area contributed by atoms with Crippen molar-refractivity contribution in [3.05, 3.63) is 71.3 Å². The highest BCUT2D eigenvalue weighted by atomic mass is 19.1. The minimum atomic E-state index is -0.432. The first-order valence-corrected chi connectivity index (χ1v) is 8.29. The molecule has 0 aliphatic rings.